The topological polar surface area (TPSA) is 111 Å². The summed E-state index contributed by atoms with van der Waals surface area (Å²) in [7, 11) is 0. The highest BCUT2D eigenvalue weighted by Crippen LogP contribution is 2.42. The van der Waals surface area contributed by atoms with Crippen LogP contribution in [0.2, 0.25) is 0 Å². The number of nitrogens with zero attached hydrogens (tertiary/aromatic N) is 3. The van der Waals surface area contributed by atoms with Crippen molar-refractivity contribution in [3.05, 3.63) is 74.3 Å². The molecule has 1 N–H and O–H groups in total. The summed E-state index contributed by atoms with van der Waals surface area (Å²) in [5.41, 5.74) is 4.24. The number of nitrogens with one attached hydrogen (secondary N) is 1. The molecule has 8 nitrogen and oxygen atoms in total. The smallest absolute Gasteiger partial charge is 0.272 e. The van der Waals surface area contributed by atoms with Gasteiger partial charge in [-0.15, -0.1) is 23.5 Å². The summed E-state index contributed by atoms with van der Waals surface area (Å²) in [6.45, 7) is 0. The first-order chi connectivity index (χ1) is 12.5. The van der Waals surface area contributed by atoms with E-state index < -0.39 is 9.85 Å². The third kappa shape index (κ3) is 4.33. The zero-order valence-electron chi connectivity index (χ0n) is 13.4. The molecular formula is C16H14N4O4S2. The fraction of sp³-hybridized carbons (Fsp3) is 0.188. The highest BCUT2D eigenvalue weighted by molar-refractivity contribution is 8.18. The Labute approximate surface area is 157 Å². The first-order valence-electron chi connectivity index (χ1n) is 7.57. The van der Waals surface area contributed by atoms with Crippen LogP contribution in [0, 0.1) is 20.2 Å². The van der Waals surface area contributed by atoms with Crippen LogP contribution in [-0.4, -0.2) is 27.1 Å². The van der Waals surface area contributed by atoms with Gasteiger partial charge in [-0.25, -0.2) is 0 Å². The lowest BCUT2D eigenvalue weighted by molar-refractivity contribution is -0.393. The minimum absolute atomic E-state index is 0.133. The van der Waals surface area contributed by atoms with E-state index in [4.69, 9.17) is 0 Å². The van der Waals surface area contributed by atoms with Crippen LogP contribution >= 0.6 is 23.5 Å². The predicted octanol–water partition coefficient (Wildman–Crippen LogP) is 4.45. The molecule has 0 spiro atoms. The Bertz CT molecular complexity index is 851. The standard InChI is InChI=1S/C16H14N4O4S2/c21-19(22)13-6-7-14(15(8-13)20(23)24)18-17-12-9-25-16(26-10-12)11-4-2-1-3-5-11/h1-8,16,18H,9-10H2. The Morgan fingerprint density at radius 2 is 1.69 bits per heavy atom. The summed E-state index contributed by atoms with van der Waals surface area (Å²) < 4.78 is 0.337. The van der Waals surface area contributed by atoms with Crippen LogP contribution < -0.4 is 5.43 Å². The van der Waals surface area contributed by atoms with Gasteiger partial charge in [0.25, 0.3) is 5.69 Å². The van der Waals surface area contributed by atoms with Crippen LogP contribution in [0.4, 0.5) is 17.1 Å². The van der Waals surface area contributed by atoms with Crippen molar-refractivity contribution in [3.8, 4) is 0 Å². The lowest BCUT2D eigenvalue weighted by Crippen LogP contribution is -2.15. The monoisotopic (exact) mass is 390 g/mol. The molecule has 0 unspecified atom stereocenters. The summed E-state index contributed by atoms with van der Waals surface area (Å²) in [5.74, 6) is 1.42. The fourth-order valence-electron chi connectivity index (χ4n) is 2.32. The van der Waals surface area contributed by atoms with Gasteiger partial charge >= 0.3 is 5.69 Å². The highest BCUT2D eigenvalue weighted by atomic mass is 32.2. The van der Waals surface area contributed by atoms with E-state index in [1.165, 1.54) is 17.7 Å². The minimum atomic E-state index is -0.666. The maximum atomic E-state index is 11.1. The molecule has 0 atom stereocenters. The van der Waals surface area contributed by atoms with Crippen molar-refractivity contribution in [1.82, 2.24) is 0 Å². The molecule has 1 aliphatic rings. The Morgan fingerprint density at radius 1 is 1.00 bits per heavy atom. The van der Waals surface area contributed by atoms with Gasteiger partial charge in [0.05, 0.1) is 26.2 Å². The van der Waals surface area contributed by atoms with Crippen molar-refractivity contribution in [2.24, 2.45) is 5.10 Å². The van der Waals surface area contributed by atoms with Gasteiger partial charge in [0.15, 0.2) is 0 Å². The molecule has 1 heterocycles. The van der Waals surface area contributed by atoms with E-state index in [1.54, 1.807) is 23.5 Å². The predicted molar refractivity (Wildman–Crippen MR) is 105 cm³/mol. The van der Waals surface area contributed by atoms with E-state index in [-0.39, 0.29) is 17.1 Å². The van der Waals surface area contributed by atoms with Crippen molar-refractivity contribution in [2.45, 2.75) is 4.58 Å². The molecule has 26 heavy (non-hydrogen) atoms. The van der Waals surface area contributed by atoms with Gasteiger partial charge in [0, 0.05) is 17.6 Å². The van der Waals surface area contributed by atoms with Crippen LogP contribution in [0.1, 0.15) is 10.1 Å². The molecule has 1 aliphatic heterocycles. The molecule has 2 aromatic rings. The van der Waals surface area contributed by atoms with Crippen LogP contribution in [0.15, 0.2) is 53.6 Å². The zero-order valence-corrected chi connectivity index (χ0v) is 15.0. The molecule has 1 fully saturated rings. The number of benzene rings is 2. The molecule has 0 bridgehead atoms. The minimum Gasteiger partial charge on any atom is -0.272 e. The van der Waals surface area contributed by atoms with E-state index >= 15 is 0 Å². The first kappa shape index (κ1) is 18.2. The number of thioether (sulfide) groups is 2. The maximum Gasteiger partial charge on any atom is 0.301 e. The van der Waals surface area contributed by atoms with Crippen LogP contribution in [0.25, 0.3) is 0 Å². The van der Waals surface area contributed by atoms with E-state index in [0.29, 0.717) is 16.1 Å². The Morgan fingerprint density at radius 3 is 2.31 bits per heavy atom. The van der Waals surface area contributed by atoms with Gasteiger partial charge in [-0.3, -0.25) is 25.7 Å². The number of anilines is 1. The molecule has 0 radical (unpaired) electrons. The number of nitro benzene ring substituents is 2. The van der Waals surface area contributed by atoms with Gasteiger partial charge in [-0.1, -0.05) is 30.3 Å². The van der Waals surface area contributed by atoms with Crippen molar-refractivity contribution < 1.29 is 9.85 Å². The van der Waals surface area contributed by atoms with Crippen LogP contribution in [0.5, 0.6) is 0 Å². The summed E-state index contributed by atoms with van der Waals surface area (Å²) in [4.78, 5) is 20.6. The van der Waals surface area contributed by atoms with Gasteiger partial charge < -0.3 is 0 Å². The molecule has 0 amide bonds. The molecule has 3 rings (SSSR count). The van der Waals surface area contributed by atoms with Gasteiger partial charge in [-0.05, 0) is 11.6 Å². The van der Waals surface area contributed by atoms with E-state index in [9.17, 15) is 20.2 Å². The van der Waals surface area contributed by atoms with Crippen molar-refractivity contribution in [2.75, 3.05) is 16.9 Å². The average molecular weight is 390 g/mol. The maximum absolute atomic E-state index is 11.1. The Hall–Kier alpha value is -2.59. The molecule has 0 aromatic heterocycles. The normalized spacial score (nSPS) is 16.8. The van der Waals surface area contributed by atoms with Crippen molar-refractivity contribution in [3.63, 3.8) is 0 Å². The summed E-state index contributed by atoms with van der Waals surface area (Å²) in [5, 5.41) is 26.2. The fourth-order valence-corrected chi connectivity index (χ4v) is 4.96. The van der Waals surface area contributed by atoms with E-state index in [0.717, 1.165) is 11.8 Å². The number of hydrazone groups is 1. The average Bonchev–Trinajstić information content (AvgIpc) is 2.67. The molecular weight excluding hydrogens is 376 g/mol. The summed E-state index contributed by atoms with van der Waals surface area (Å²) >= 11 is 3.49. The number of rotatable bonds is 5. The second kappa shape index (κ2) is 8.19. The van der Waals surface area contributed by atoms with E-state index in [1.807, 2.05) is 18.2 Å². The number of nitro groups is 2. The van der Waals surface area contributed by atoms with Crippen LogP contribution in [-0.2, 0) is 0 Å². The second-order valence-corrected chi connectivity index (χ2v) is 7.86. The molecule has 1 saturated heterocycles. The molecule has 0 aliphatic carbocycles. The number of non-ortho nitro benzene ring substituents is 1. The third-order valence-corrected chi connectivity index (χ3v) is 6.56. The van der Waals surface area contributed by atoms with Gasteiger partial charge in [-0.2, -0.15) is 5.10 Å². The molecule has 10 heteroatoms. The zero-order chi connectivity index (χ0) is 18.5. The number of hydrogen-bond donors (Lipinski definition) is 1. The second-order valence-electron chi connectivity index (χ2n) is 5.37. The SMILES string of the molecule is O=[N+]([O-])c1ccc(NN=C2CSC(c3ccccc3)SC2)c([N+](=O)[O-])c1. The molecule has 0 saturated carbocycles. The summed E-state index contributed by atoms with van der Waals surface area (Å²) in [6, 6.07) is 13.6. The lowest BCUT2D eigenvalue weighted by Gasteiger charge is -2.22. The largest absolute Gasteiger partial charge is 0.301 e. The summed E-state index contributed by atoms with van der Waals surface area (Å²) in [6.07, 6.45) is 0. The van der Waals surface area contributed by atoms with E-state index in [2.05, 4.69) is 22.7 Å². The van der Waals surface area contributed by atoms with Crippen molar-refractivity contribution >= 4 is 46.3 Å². The number of hydrogen-bond acceptors (Lipinski definition) is 8. The van der Waals surface area contributed by atoms with Gasteiger partial charge in [0.2, 0.25) is 0 Å². The third-order valence-electron chi connectivity index (χ3n) is 3.60. The molecule has 2 aromatic carbocycles. The molecule has 134 valence electrons. The Balaban J connectivity index is 1.67. The van der Waals surface area contributed by atoms with Crippen LogP contribution in [0.3, 0.4) is 0 Å². The Kier molecular flexibility index (Phi) is 5.74. The quantitative estimate of drug-likeness (QED) is 0.593. The lowest BCUT2D eigenvalue weighted by atomic mass is 10.2. The van der Waals surface area contributed by atoms with Crippen molar-refractivity contribution in [1.29, 1.82) is 0 Å². The highest BCUT2D eigenvalue weighted by Gasteiger charge is 2.22. The first-order valence-corrected chi connectivity index (χ1v) is 9.67. The van der Waals surface area contributed by atoms with Gasteiger partial charge in [0.1, 0.15) is 5.69 Å².